The van der Waals surface area contributed by atoms with Crippen LogP contribution in [-0.4, -0.2) is 23.7 Å². The maximum atomic E-state index is 5.06. The van der Waals surface area contributed by atoms with Gasteiger partial charge in [0.15, 0.2) is 5.22 Å². The predicted molar refractivity (Wildman–Crippen MR) is 46.0 cm³/mol. The number of nitrogens with zero attached hydrogens (tertiary/aromatic N) is 3. The molecule has 1 atom stereocenters. The number of rotatable bonds is 1. The Kier molecular flexibility index (Phi) is 2.17. The lowest BCUT2D eigenvalue weighted by Gasteiger charge is -2.16. The molecule has 1 heterocycles. The molecule has 0 N–H and O–H groups in total. The summed E-state index contributed by atoms with van der Waals surface area (Å²) in [5.74, 6) is 0. The lowest BCUT2D eigenvalue weighted by Crippen LogP contribution is -2.33. The third-order valence-electron chi connectivity index (χ3n) is 1.85. The van der Waals surface area contributed by atoms with E-state index in [-0.39, 0.29) is 11.5 Å². The first kappa shape index (κ1) is 9.16. The predicted octanol–water partition coefficient (Wildman–Crippen LogP) is 1.82. The number of hydrogen-bond acceptors (Lipinski definition) is 3. The van der Waals surface area contributed by atoms with E-state index in [2.05, 4.69) is 31.1 Å². The zero-order valence-electron chi connectivity index (χ0n) is 8.33. The molecule has 4 nitrogen and oxygen atoms in total. The summed E-state index contributed by atoms with van der Waals surface area (Å²) in [6, 6.07) is 0.130. The van der Waals surface area contributed by atoms with Crippen molar-refractivity contribution in [3.05, 3.63) is 0 Å². The Balaban J connectivity index is 3.01. The van der Waals surface area contributed by atoms with Gasteiger partial charge in [-0.3, -0.25) is 0 Å². The minimum Gasteiger partial charge on any atom is -0.319 e. The highest BCUT2D eigenvalue weighted by Crippen LogP contribution is 2.23. The van der Waals surface area contributed by atoms with Gasteiger partial charge < -0.3 is 4.84 Å². The summed E-state index contributed by atoms with van der Waals surface area (Å²) in [4.78, 5) is 6.56. The Labute approximate surface area is 72.9 Å². The standard InChI is InChI=1S/C8H16N3O/c1-6-7(8(2,3)4)11(12-5)10-9-6/h6H,1-5H3/q+1. The molecule has 1 aliphatic heterocycles. The maximum absolute atomic E-state index is 5.06. The van der Waals surface area contributed by atoms with Crippen LogP contribution in [0.25, 0.3) is 0 Å². The van der Waals surface area contributed by atoms with E-state index in [1.165, 1.54) is 4.85 Å². The Morgan fingerprint density at radius 2 is 2.00 bits per heavy atom. The zero-order valence-corrected chi connectivity index (χ0v) is 8.33. The van der Waals surface area contributed by atoms with Crippen LogP contribution in [-0.2, 0) is 4.84 Å². The van der Waals surface area contributed by atoms with Crippen LogP contribution in [0.4, 0.5) is 0 Å². The van der Waals surface area contributed by atoms with E-state index >= 15 is 0 Å². The zero-order chi connectivity index (χ0) is 9.35. The SMILES string of the molecule is CO[N+]1=C(C(C)(C)C)C(C)N=N1. The average Bonchev–Trinajstić information content (AvgIpc) is 2.29. The molecular formula is C8H16N3O+. The summed E-state index contributed by atoms with van der Waals surface area (Å²) in [7, 11) is 1.60. The van der Waals surface area contributed by atoms with E-state index in [9.17, 15) is 0 Å². The van der Waals surface area contributed by atoms with Crippen molar-refractivity contribution in [1.29, 1.82) is 0 Å². The summed E-state index contributed by atoms with van der Waals surface area (Å²) in [5.41, 5.74) is 1.16. The Morgan fingerprint density at radius 1 is 1.42 bits per heavy atom. The first-order valence-corrected chi connectivity index (χ1v) is 4.09. The van der Waals surface area contributed by atoms with Crippen LogP contribution in [0.3, 0.4) is 0 Å². The molecule has 1 unspecified atom stereocenters. The van der Waals surface area contributed by atoms with Crippen molar-refractivity contribution in [2.24, 2.45) is 15.8 Å². The topological polar surface area (TPSA) is 37.0 Å². The van der Waals surface area contributed by atoms with Gasteiger partial charge in [-0.1, -0.05) is 20.8 Å². The lowest BCUT2D eigenvalue weighted by atomic mass is 9.86. The molecule has 68 valence electrons. The van der Waals surface area contributed by atoms with Crippen molar-refractivity contribution < 1.29 is 9.69 Å². The van der Waals surface area contributed by atoms with E-state index < -0.39 is 0 Å². The summed E-state index contributed by atoms with van der Waals surface area (Å²) in [5, 5.41) is 7.91. The third kappa shape index (κ3) is 1.47. The molecule has 0 saturated carbocycles. The van der Waals surface area contributed by atoms with Crippen molar-refractivity contribution in [2.45, 2.75) is 33.7 Å². The van der Waals surface area contributed by atoms with Crippen molar-refractivity contribution >= 4 is 5.71 Å². The van der Waals surface area contributed by atoms with E-state index in [4.69, 9.17) is 4.84 Å². The Morgan fingerprint density at radius 3 is 2.33 bits per heavy atom. The minimum atomic E-state index is 0.0545. The van der Waals surface area contributed by atoms with Crippen LogP contribution in [0.1, 0.15) is 27.7 Å². The molecule has 4 heteroatoms. The smallest absolute Gasteiger partial charge is 0.228 e. The normalized spacial score (nSPS) is 23.6. The molecule has 1 rings (SSSR count). The molecule has 0 fully saturated rings. The quantitative estimate of drug-likeness (QED) is 0.553. The highest BCUT2D eigenvalue weighted by Gasteiger charge is 2.39. The van der Waals surface area contributed by atoms with Gasteiger partial charge >= 0.3 is 0 Å². The van der Waals surface area contributed by atoms with Crippen LogP contribution >= 0.6 is 0 Å². The highest BCUT2D eigenvalue weighted by atomic mass is 16.7. The number of hydrogen-bond donors (Lipinski definition) is 0. The maximum Gasteiger partial charge on any atom is 0.228 e. The van der Waals surface area contributed by atoms with Crippen LogP contribution in [0.5, 0.6) is 0 Å². The summed E-state index contributed by atoms with van der Waals surface area (Å²) in [6.07, 6.45) is 0. The first-order chi connectivity index (χ1) is 5.46. The van der Waals surface area contributed by atoms with Gasteiger partial charge in [0.1, 0.15) is 7.11 Å². The fourth-order valence-corrected chi connectivity index (χ4v) is 1.44. The molecule has 12 heavy (non-hydrogen) atoms. The molecule has 0 aromatic heterocycles. The van der Waals surface area contributed by atoms with E-state index in [1.807, 2.05) is 6.92 Å². The molecule has 0 bridgehead atoms. The van der Waals surface area contributed by atoms with Crippen molar-refractivity contribution in [3.8, 4) is 0 Å². The third-order valence-corrected chi connectivity index (χ3v) is 1.85. The molecule has 0 aliphatic carbocycles. The van der Waals surface area contributed by atoms with Crippen LogP contribution in [0, 0.1) is 5.41 Å². The summed E-state index contributed by atoms with van der Waals surface area (Å²) >= 11 is 0. The summed E-state index contributed by atoms with van der Waals surface area (Å²) in [6.45, 7) is 8.40. The van der Waals surface area contributed by atoms with E-state index in [0.29, 0.717) is 0 Å². The van der Waals surface area contributed by atoms with Gasteiger partial charge in [0.2, 0.25) is 11.8 Å². The van der Waals surface area contributed by atoms with Gasteiger partial charge in [-0.2, -0.15) is 0 Å². The van der Waals surface area contributed by atoms with Gasteiger partial charge in [0.05, 0.1) is 4.85 Å². The molecule has 0 aromatic rings. The highest BCUT2D eigenvalue weighted by molar-refractivity contribution is 5.89. The Hall–Kier alpha value is -0.930. The molecule has 0 aromatic carbocycles. The first-order valence-electron chi connectivity index (χ1n) is 4.09. The van der Waals surface area contributed by atoms with Crippen molar-refractivity contribution in [3.63, 3.8) is 0 Å². The second-order valence-electron chi connectivity index (χ2n) is 3.97. The van der Waals surface area contributed by atoms with Gasteiger partial charge in [-0.25, -0.2) is 0 Å². The molecule has 0 amide bonds. The average molecular weight is 170 g/mol. The van der Waals surface area contributed by atoms with Crippen molar-refractivity contribution in [1.82, 2.24) is 0 Å². The minimum absolute atomic E-state index is 0.0545. The molecular weight excluding hydrogens is 154 g/mol. The molecule has 0 saturated heterocycles. The second-order valence-corrected chi connectivity index (χ2v) is 3.97. The van der Waals surface area contributed by atoms with Crippen LogP contribution in [0.15, 0.2) is 10.3 Å². The van der Waals surface area contributed by atoms with Crippen LogP contribution < -0.4 is 0 Å². The molecule has 0 spiro atoms. The molecule has 0 radical (unpaired) electrons. The van der Waals surface area contributed by atoms with Gasteiger partial charge in [-0.15, -0.1) is 0 Å². The fraction of sp³-hybridized carbons (Fsp3) is 0.875. The monoisotopic (exact) mass is 170 g/mol. The lowest BCUT2D eigenvalue weighted by molar-refractivity contribution is -0.788. The van der Waals surface area contributed by atoms with E-state index in [0.717, 1.165) is 5.71 Å². The van der Waals surface area contributed by atoms with Crippen LogP contribution in [0.2, 0.25) is 0 Å². The van der Waals surface area contributed by atoms with E-state index in [1.54, 1.807) is 7.11 Å². The van der Waals surface area contributed by atoms with Gasteiger partial charge in [-0.05, 0) is 6.92 Å². The van der Waals surface area contributed by atoms with Crippen molar-refractivity contribution in [2.75, 3.05) is 7.11 Å². The largest absolute Gasteiger partial charge is 0.319 e. The summed E-state index contributed by atoms with van der Waals surface area (Å²) < 4.78 is 0. The van der Waals surface area contributed by atoms with Gasteiger partial charge in [0.25, 0.3) is 0 Å². The Bertz CT molecular complexity index is 237. The molecule has 1 aliphatic rings. The fourth-order valence-electron chi connectivity index (χ4n) is 1.44. The van der Waals surface area contributed by atoms with Gasteiger partial charge in [0, 0.05) is 10.5 Å². The second kappa shape index (κ2) is 2.84.